The molecule has 4 heteroatoms. The fraction of sp³-hybridized carbons (Fsp3) is 0.538. The molecule has 4 atom stereocenters. The van der Waals surface area contributed by atoms with Crippen LogP contribution in [0.25, 0.3) is 0 Å². The first-order chi connectivity index (χ1) is 8.08. The Labute approximate surface area is 110 Å². The van der Waals surface area contributed by atoms with Gasteiger partial charge in [0.1, 0.15) is 0 Å². The number of hydrogen-bond donors (Lipinski definition) is 1. The van der Waals surface area contributed by atoms with Gasteiger partial charge in [0.15, 0.2) is 0 Å². The number of rotatable bonds is 1. The summed E-state index contributed by atoms with van der Waals surface area (Å²) in [5.74, 6) is 1.24. The van der Waals surface area contributed by atoms with Crippen LogP contribution in [-0.2, 0) is 10.8 Å². The number of nitrogens with one attached hydrogen (secondary N) is 1. The van der Waals surface area contributed by atoms with Gasteiger partial charge < -0.3 is 5.32 Å². The molecule has 2 rings (SSSR count). The largest absolute Gasteiger partial charge is 0.309 e. The molecule has 1 aromatic rings. The van der Waals surface area contributed by atoms with Crippen LogP contribution in [0.15, 0.2) is 24.3 Å². The summed E-state index contributed by atoms with van der Waals surface area (Å²) in [6, 6.07) is 7.96. The second kappa shape index (κ2) is 5.51. The quantitative estimate of drug-likeness (QED) is 0.851. The third-order valence-electron chi connectivity index (χ3n) is 3.23. The van der Waals surface area contributed by atoms with Crippen molar-refractivity contribution < 1.29 is 4.21 Å². The van der Waals surface area contributed by atoms with E-state index in [1.165, 1.54) is 0 Å². The second-order valence-electron chi connectivity index (χ2n) is 4.80. The van der Waals surface area contributed by atoms with Crippen LogP contribution in [0, 0.1) is 5.92 Å². The van der Waals surface area contributed by atoms with E-state index in [-0.39, 0.29) is 11.3 Å². The fourth-order valence-corrected chi connectivity index (χ4v) is 3.96. The summed E-state index contributed by atoms with van der Waals surface area (Å²) in [6.07, 6.45) is 0. The lowest BCUT2D eigenvalue weighted by atomic mass is 10.0. The van der Waals surface area contributed by atoms with Crippen LogP contribution >= 0.6 is 11.6 Å². The molecule has 0 radical (unpaired) electrons. The minimum atomic E-state index is -0.775. The van der Waals surface area contributed by atoms with Crippen molar-refractivity contribution in [1.29, 1.82) is 0 Å². The van der Waals surface area contributed by atoms with Gasteiger partial charge in [-0.1, -0.05) is 30.7 Å². The molecule has 1 N–H and O–H groups in total. The molecule has 1 aliphatic rings. The Bertz CT molecular complexity index is 424. The fourth-order valence-electron chi connectivity index (χ4n) is 2.23. The predicted molar refractivity (Wildman–Crippen MR) is 73.8 cm³/mol. The monoisotopic (exact) mass is 271 g/mol. The van der Waals surface area contributed by atoms with E-state index in [9.17, 15) is 4.21 Å². The van der Waals surface area contributed by atoms with E-state index in [4.69, 9.17) is 11.6 Å². The van der Waals surface area contributed by atoms with E-state index >= 15 is 0 Å². The maximum atomic E-state index is 12.1. The van der Waals surface area contributed by atoms with Crippen molar-refractivity contribution in [2.75, 3.05) is 12.3 Å². The highest BCUT2D eigenvalue weighted by atomic mass is 35.5. The Kier molecular flexibility index (Phi) is 4.23. The number of halogens is 1. The summed E-state index contributed by atoms with van der Waals surface area (Å²) in [5, 5.41) is 4.36. The van der Waals surface area contributed by atoms with Crippen LogP contribution in [-0.4, -0.2) is 21.8 Å². The lowest BCUT2D eigenvalue weighted by Gasteiger charge is -2.22. The molecule has 0 bridgehead atoms. The van der Waals surface area contributed by atoms with Gasteiger partial charge in [-0.3, -0.25) is 4.21 Å². The first-order valence-electron chi connectivity index (χ1n) is 5.94. The molecule has 1 aliphatic heterocycles. The molecule has 1 heterocycles. The standard InChI is InChI=1S/C13H18ClNOS/c1-9-7-15-13(10(2)17(16)8-9)11-4-3-5-12(14)6-11/h3-6,9-10,13,15H,7-8H2,1-2H3. The Morgan fingerprint density at radius 1 is 1.41 bits per heavy atom. The van der Waals surface area contributed by atoms with E-state index in [0.717, 1.165) is 22.9 Å². The first kappa shape index (κ1) is 13.1. The zero-order valence-electron chi connectivity index (χ0n) is 10.2. The summed E-state index contributed by atoms with van der Waals surface area (Å²) < 4.78 is 12.1. The average molecular weight is 272 g/mol. The molecular formula is C13H18ClNOS. The molecule has 94 valence electrons. The topological polar surface area (TPSA) is 29.1 Å². The van der Waals surface area contributed by atoms with Crippen molar-refractivity contribution in [3.05, 3.63) is 34.9 Å². The molecular weight excluding hydrogens is 254 g/mol. The van der Waals surface area contributed by atoms with Gasteiger partial charge in [0, 0.05) is 27.6 Å². The van der Waals surface area contributed by atoms with Crippen molar-refractivity contribution in [3.8, 4) is 0 Å². The minimum Gasteiger partial charge on any atom is -0.309 e. The second-order valence-corrected chi connectivity index (χ2v) is 7.07. The van der Waals surface area contributed by atoms with Crippen LogP contribution in [0.3, 0.4) is 0 Å². The SMILES string of the molecule is CC1CNC(c2cccc(Cl)c2)C(C)S(=O)C1. The van der Waals surface area contributed by atoms with Crippen molar-refractivity contribution in [1.82, 2.24) is 5.32 Å². The van der Waals surface area contributed by atoms with Gasteiger partial charge in [-0.25, -0.2) is 0 Å². The van der Waals surface area contributed by atoms with Crippen LogP contribution in [0.4, 0.5) is 0 Å². The lowest BCUT2D eigenvalue weighted by molar-refractivity contribution is 0.489. The molecule has 1 saturated heterocycles. The molecule has 0 amide bonds. The maximum Gasteiger partial charge on any atom is 0.0514 e. The van der Waals surface area contributed by atoms with Crippen molar-refractivity contribution in [3.63, 3.8) is 0 Å². The molecule has 17 heavy (non-hydrogen) atoms. The normalized spacial score (nSPS) is 34.3. The number of benzene rings is 1. The van der Waals surface area contributed by atoms with E-state index in [1.54, 1.807) is 0 Å². The van der Waals surface area contributed by atoms with Gasteiger partial charge in [-0.15, -0.1) is 0 Å². The predicted octanol–water partition coefficient (Wildman–Crippen LogP) is 2.76. The number of hydrogen-bond acceptors (Lipinski definition) is 2. The Morgan fingerprint density at radius 2 is 2.18 bits per heavy atom. The Morgan fingerprint density at radius 3 is 2.88 bits per heavy atom. The Balaban J connectivity index is 2.27. The molecule has 0 spiro atoms. The molecule has 1 fully saturated rings. The van der Waals surface area contributed by atoms with Crippen molar-refractivity contribution >= 4 is 22.4 Å². The highest BCUT2D eigenvalue weighted by Gasteiger charge is 2.28. The van der Waals surface area contributed by atoms with Gasteiger partial charge in [0.25, 0.3) is 0 Å². The van der Waals surface area contributed by atoms with E-state index in [2.05, 4.69) is 12.2 Å². The van der Waals surface area contributed by atoms with Crippen LogP contribution < -0.4 is 5.32 Å². The van der Waals surface area contributed by atoms with E-state index in [1.807, 2.05) is 31.2 Å². The van der Waals surface area contributed by atoms with Crippen LogP contribution in [0.1, 0.15) is 25.5 Å². The minimum absolute atomic E-state index is 0.124. The molecule has 2 nitrogen and oxygen atoms in total. The van der Waals surface area contributed by atoms with E-state index < -0.39 is 10.8 Å². The zero-order valence-corrected chi connectivity index (χ0v) is 11.7. The highest BCUT2D eigenvalue weighted by Crippen LogP contribution is 2.26. The summed E-state index contributed by atoms with van der Waals surface area (Å²) in [6.45, 7) is 5.10. The van der Waals surface area contributed by atoms with Gasteiger partial charge in [-0.05, 0) is 37.1 Å². The van der Waals surface area contributed by atoms with Crippen LogP contribution in [0.5, 0.6) is 0 Å². The molecule has 4 unspecified atom stereocenters. The molecule has 0 aliphatic carbocycles. The zero-order chi connectivity index (χ0) is 12.4. The Hall–Kier alpha value is -0.380. The van der Waals surface area contributed by atoms with Crippen molar-refractivity contribution in [2.24, 2.45) is 5.92 Å². The van der Waals surface area contributed by atoms with Crippen molar-refractivity contribution in [2.45, 2.75) is 25.1 Å². The summed E-state index contributed by atoms with van der Waals surface area (Å²) in [5.41, 5.74) is 1.13. The third-order valence-corrected chi connectivity index (χ3v) is 5.46. The summed E-state index contributed by atoms with van der Waals surface area (Å²) in [4.78, 5) is 0. The summed E-state index contributed by atoms with van der Waals surface area (Å²) in [7, 11) is -0.775. The van der Waals surface area contributed by atoms with E-state index in [0.29, 0.717) is 5.92 Å². The van der Waals surface area contributed by atoms with Gasteiger partial charge >= 0.3 is 0 Å². The molecule has 0 aromatic heterocycles. The lowest BCUT2D eigenvalue weighted by Crippen LogP contribution is -2.31. The molecule has 1 aromatic carbocycles. The third kappa shape index (κ3) is 3.09. The highest BCUT2D eigenvalue weighted by molar-refractivity contribution is 7.85. The average Bonchev–Trinajstić information content (AvgIpc) is 2.40. The van der Waals surface area contributed by atoms with Crippen LogP contribution in [0.2, 0.25) is 5.02 Å². The maximum absolute atomic E-state index is 12.1. The first-order valence-corrected chi connectivity index (χ1v) is 7.70. The van der Waals surface area contributed by atoms with Gasteiger partial charge in [0.05, 0.1) is 5.25 Å². The molecule has 0 saturated carbocycles. The van der Waals surface area contributed by atoms with Gasteiger partial charge in [0.2, 0.25) is 0 Å². The summed E-state index contributed by atoms with van der Waals surface area (Å²) >= 11 is 6.01. The van der Waals surface area contributed by atoms with Gasteiger partial charge in [-0.2, -0.15) is 0 Å². The smallest absolute Gasteiger partial charge is 0.0514 e.